The Morgan fingerprint density at radius 2 is 2.00 bits per heavy atom. The third kappa shape index (κ3) is 2.39. The topological polar surface area (TPSA) is 40.5 Å². The Labute approximate surface area is 115 Å². The number of nitrogens with zero attached hydrogens (tertiary/aromatic N) is 1. The highest BCUT2D eigenvalue weighted by atomic mass is 16.4. The van der Waals surface area contributed by atoms with Crippen molar-refractivity contribution in [3.63, 3.8) is 0 Å². The first-order valence-electron chi connectivity index (χ1n) is 6.89. The fraction of sp³-hybridized carbons (Fsp3) is 0.562. The lowest BCUT2D eigenvalue weighted by Gasteiger charge is -2.49. The second-order valence-corrected chi connectivity index (χ2v) is 6.15. The van der Waals surface area contributed by atoms with Gasteiger partial charge >= 0.3 is 5.97 Å². The molecule has 0 amide bonds. The van der Waals surface area contributed by atoms with Gasteiger partial charge in [-0.15, -0.1) is 0 Å². The molecule has 1 aliphatic rings. The minimum atomic E-state index is -0.820. The molecular weight excluding hydrogens is 238 g/mol. The van der Waals surface area contributed by atoms with Gasteiger partial charge in [-0.05, 0) is 57.3 Å². The van der Waals surface area contributed by atoms with Crippen LogP contribution in [0, 0.1) is 5.92 Å². The zero-order valence-electron chi connectivity index (χ0n) is 12.2. The van der Waals surface area contributed by atoms with Crippen LogP contribution in [0.25, 0.3) is 0 Å². The van der Waals surface area contributed by atoms with E-state index in [1.54, 1.807) is 12.1 Å². The van der Waals surface area contributed by atoms with E-state index in [2.05, 4.69) is 32.7 Å². The fourth-order valence-electron chi connectivity index (χ4n) is 3.15. The van der Waals surface area contributed by atoms with Crippen molar-refractivity contribution in [2.75, 3.05) is 13.6 Å². The zero-order chi connectivity index (χ0) is 14.2. The molecule has 1 fully saturated rings. The van der Waals surface area contributed by atoms with E-state index in [-0.39, 0.29) is 5.54 Å². The van der Waals surface area contributed by atoms with Gasteiger partial charge < -0.3 is 10.0 Å². The Morgan fingerprint density at radius 3 is 2.63 bits per heavy atom. The first-order chi connectivity index (χ1) is 8.85. The molecule has 0 spiro atoms. The first kappa shape index (κ1) is 14.1. The number of benzene rings is 1. The largest absolute Gasteiger partial charge is 0.478 e. The van der Waals surface area contributed by atoms with E-state index >= 15 is 0 Å². The molecule has 0 aromatic heterocycles. The minimum Gasteiger partial charge on any atom is -0.478 e. The van der Waals surface area contributed by atoms with Crippen LogP contribution in [0.15, 0.2) is 24.3 Å². The molecule has 3 heteroatoms. The van der Waals surface area contributed by atoms with Crippen LogP contribution in [0.4, 0.5) is 0 Å². The Balaban J connectivity index is 2.40. The van der Waals surface area contributed by atoms with Crippen LogP contribution in [-0.2, 0) is 0 Å². The second-order valence-electron chi connectivity index (χ2n) is 6.15. The van der Waals surface area contributed by atoms with Gasteiger partial charge in [-0.3, -0.25) is 0 Å². The van der Waals surface area contributed by atoms with Crippen molar-refractivity contribution in [1.82, 2.24) is 4.90 Å². The quantitative estimate of drug-likeness (QED) is 0.888. The minimum absolute atomic E-state index is 0.0918. The van der Waals surface area contributed by atoms with Crippen LogP contribution in [0.5, 0.6) is 0 Å². The van der Waals surface area contributed by atoms with Gasteiger partial charge in [0.25, 0.3) is 0 Å². The van der Waals surface area contributed by atoms with Crippen LogP contribution in [0.1, 0.15) is 49.0 Å². The van der Waals surface area contributed by atoms with Gasteiger partial charge in [0, 0.05) is 5.54 Å². The van der Waals surface area contributed by atoms with E-state index in [0.29, 0.717) is 17.4 Å². The van der Waals surface area contributed by atoms with Crippen LogP contribution in [0.3, 0.4) is 0 Å². The Kier molecular flexibility index (Phi) is 3.68. The molecule has 2 unspecified atom stereocenters. The highest BCUT2D eigenvalue weighted by Crippen LogP contribution is 2.42. The lowest BCUT2D eigenvalue weighted by molar-refractivity contribution is 0.0379. The smallest absolute Gasteiger partial charge is 0.335 e. The summed E-state index contributed by atoms with van der Waals surface area (Å²) >= 11 is 0. The van der Waals surface area contributed by atoms with E-state index in [1.165, 1.54) is 0 Å². The number of aromatic carboxylic acids is 1. The van der Waals surface area contributed by atoms with Crippen LogP contribution in [0.2, 0.25) is 0 Å². The van der Waals surface area contributed by atoms with Gasteiger partial charge in [0.1, 0.15) is 0 Å². The predicted octanol–water partition coefficient (Wildman–Crippen LogP) is 3.22. The summed E-state index contributed by atoms with van der Waals surface area (Å²) in [5.74, 6) is -0.0789. The average molecular weight is 261 g/mol. The number of piperidine rings is 1. The second kappa shape index (κ2) is 4.97. The van der Waals surface area contributed by atoms with Gasteiger partial charge in [-0.2, -0.15) is 0 Å². The molecule has 1 heterocycles. The molecule has 0 aliphatic carbocycles. The van der Waals surface area contributed by atoms with Gasteiger partial charge in [0.15, 0.2) is 0 Å². The van der Waals surface area contributed by atoms with Gasteiger partial charge in [0.2, 0.25) is 0 Å². The Morgan fingerprint density at radius 1 is 1.37 bits per heavy atom. The maximum Gasteiger partial charge on any atom is 0.335 e. The molecule has 104 valence electrons. The molecule has 0 radical (unpaired) electrons. The maximum absolute atomic E-state index is 11.4. The van der Waals surface area contributed by atoms with E-state index in [1.807, 2.05) is 12.1 Å². The number of carbonyl (C=O) groups is 1. The van der Waals surface area contributed by atoms with Crippen LogP contribution in [-0.4, -0.2) is 35.1 Å². The maximum atomic E-state index is 11.4. The van der Waals surface area contributed by atoms with Crippen molar-refractivity contribution in [1.29, 1.82) is 0 Å². The molecular formula is C16H23NO2. The monoisotopic (exact) mass is 261 g/mol. The van der Waals surface area contributed by atoms with Gasteiger partial charge in [-0.25, -0.2) is 4.79 Å². The Hall–Kier alpha value is -1.35. The highest BCUT2D eigenvalue weighted by Gasteiger charge is 2.40. The van der Waals surface area contributed by atoms with Crippen molar-refractivity contribution in [2.24, 2.45) is 5.92 Å². The van der Waals surface area contributed by atoms with Crippen molar-refractivity contribution in [3.8, 4) is 0 Å². The third-order valence-electron chi connectivity index (χ3n) is 5.07. The van der Waals surface area contributed by atoms with Crippen molar-refractivity contribution in [3.05, 3.63) is 35.4 Å². The number of carboxylic acid groups (broad SMARTS) is 1. The summed E-state index contributed by atoms with van der Waals surface area (Å²) in [6.45, 7) is 7.73. The SMILES string of the molecule is CC1C(c2ccccc2C(=O)O)CCN(C)C1(C)C. The highest BCUT2D eigenvalue weighted by molar-refractivity contribution is 5.89. The molecule has 2 rings (SSSR count). The summed E-state index contributed by atoms with van der Waals surface area (Å²) in [6.07, 6.45) is 1.02. The van der Waals surface area contributed by atoms with Crippen molar-refractivity contribution < 1.29 is 9.90 Å². The zero-order valence-corrected chi connectivity index (χ0v) is 12.2. The summed E-state index contributed by atoms with van der Waals surface area (Å²) in [5, 5.41) is 9.35. The molecule has 0 saturated carbocycles. The van der Waals surface area contributed by atoms with E-state index in [9.17, 15) is 9.90 Å². The summed E-state index contributed by atoms with van der Waals surface area (Å²) in [5.41, 5.74) is 1.54. The van der Waals surface area contributed by atoms with Gasteiger partial charge in [0.05, 0.1) is 5.56 Å². The van der Waals surface area contributed by atoms with E-state index in [0.717, 1.165) is 18.5 Å². The molecule has 1 N–H and O–H groups in total. The number of hydrogen-bond acceptors (Lipinski definition) is 2. The average Bonchev–Trinajstić information content (AvgIpc) is 2.37. The molecule has 19 heavy (non-hydrogen) atoms. The molecule has 1 aromatic carbocycles. The lowest BCUT2D eigenvalue weighted by atomic mass is 9.70. The third-order valence-corrected chi connectivity index (χ3v) is 5.07. The standard InChI is InChI=1S/C16H23NO2/c1-11-12(9-10-17(4)16(11,2)3)13-7-5-6-8-14(13)15(18)19/h5-8,11-12H,9-10H2,1-4H3,(H,18,19). The lowest BCUT2D eigenvalue weighted by Crippen LogP contribution is -2.52. The van der Waals surface area contributed by atoms with Crippen LogP contribution >= 0.6 is 0 Å². The first-order valence-corrected chi connectivity index (χ1v) is 6.89. The normalized spacial score (nSPS) is 27.2. The summed E-state index contributed by atoms with van der Waals surface area (Å²) in [6, 6.07) is 7.44. The fourth-order valence-corrected chi connectivity index (χ4v) is 3.15. The van der Waals surface area contributed by atoms with Crippen molar-refractivity contribution >= 4 is 5.97 Å². The molecule has 3 nitrogen and oxygen atoms in total. The number of rotatable bonds is 2. The molecule has 1 aromatic rings. The molecule has 1 aliphatic heterocycles. The summed E-state index contributed by atoms with van der Waals surface area (Å²) in [4.78, 5) is 13.8. The summed E-state index contributed by atoms with van der Waals surface area (Å²) < 4.78 is 0. The molecule has 1 saturated heterocycles. The number of carboxylic acids is 1. The van der Waals surface area contributed by atoms with E-state index in [4.69, 9.17) is 0 Å². The molecule has 0 bridgehead atoms. The summed E-state index contributed by atoms with van der Waals surface area (Å²) in [7, 11) is 2.15. The Bertz CT molecular complexity index is 481. The van der Waals surface area contributed by atoms with Crippen LogP contribution < -0.4 is 0 Å². The molecule has 2 atom stereocenters. The van der Waals surface area contributed by atoms with Crippen molar-refractivity contribution in [2.45, 2.75) is 38.6 Å². The number of likely N-dealkylation sites (tertiary alicyclic amines) is 1. The van der Waals surface area contributed by atoms with Gasteiger partial charge in [-0.1, -0.05) is 25.1 Å². The van der Waals surface area contributed by atoms with E-state index < -0.39 is 5.97 Å². The predicted molar refractivity (Wildman–Crippen MR) is 76.6 cm³/mol. The number of hydrogen-bond donors (Lipinski definition) is 1.